The first-order valence-electron chi connectivity index (χ1n) is 12.4. The summed E-state index contributed by atoms with van der Waals surface area (Å²) in [7, 11) is 1.64. The lowest BCUT2D eigenvalue weighted by atomic mass is 9.87. The van der Waals surface area contributed by atoms with Crippen LogP contribution in [0, 0.1) is 17.6 Å². The molecule has 0 aliphatic carbocycles. The Hall–Kier alpha value is -2.61. The lowest BCUT2D eigenvalue weighted by Gasteiger charge is -2.39. The van der Waals surface area contributed by atoms with Crippen molar-refractivity contribution < 1.29 is 23.7 Å². The second-order valence-corrected chi connectivity index (χ2v) is 9.49. The van der Waals surface area contributed by atoms with Crippen LogP contribution in [0.5, 0.6) is 5.75 Å². The normalized spacial score (nSPS) is 18.8. The number of aryl methyl sites for hydroxylation is 1. The minimum absolute atomic E-state index is 0.0676. The van der Waals surface area contributed by atoms with E-state index in [0.29, 0.717) is 18.0 Å². The van der Waals surface area contributed by atoms with E-state index >= 15 is 0 Å². The minimum atomic E-state index is -0.545. The van der Waals surface area contributed by atoms with Crippen LogP contribution in [-0.2, 0) is 19.4 Å². The van der Waals surface area contributed by atoms with E-state index in [0.717, 1.165) is 79.0 Å². The number of aromatic nitrogens is 1. The maximum Gasteiger partial charge on any atom is 0.126 e. The van der Waals surface area contributed by atoms with Gasteiger partial charge in [-0.15, -0.1) is 0 Å². The third kappa shape index (κ3) is 6.34. The zero-order valence-electron chi connectivity index (χ0n) is 20.2. The number of aliphatic hydroxyl groups excluding tert-OH is 2. The van der Waals surface area contributed by atoms with Crippen molar-refractivity contribution in [3.63, 3.8) is 0 Å². The van der Waals surface area contributed by atoms with Gasteiger partial charge in [0, 0.05) is 36.8 Å². The van der Waals surface area contributed by atoms with E-state index in [1.54, 1.807) is 13.3 Å². The first-order chi connectivity index (χ1) is 17.0. The zero-order valence-corrected chi connectivity index (χ0v) is 20.2. The fourth-order valence-corrected chi connectivity index (χ4v) is 5.31. The summed E-state index contributed by atoms with van der Waals surface area (Å²) < 4.78 is 32.6. The van der Waals surface area contributed by atoms with Crippen LogP contribution in [0.2, 0.25) is 0 Å². The standard InChI is InChI=1S/C28H34F2N2O3/c1-35-25-5-6-28-27(15-25)26(21(18-34)16-31-28)4-2-3-24-13-20(17-33)8-10-32(24)9-7-19-11-22(29)14-23(30)12-19/h5-6,11-12,14-16,20,24,33-34H,2-4,7-10,13,17-18H2,1H3. The number of fused-ring (bicyclic) bond motifs is 1. The summed E-state index contributed by atoms with van der Waals surface area (Å²) in [5, 5.41) is 20.7. The van der Waals surface area contributed by atoms with Crippen LogP contribution >= 0.6 is 0 Å². The maximum atomic E-state index is 13.6. The van der Waals surface area contributed by atoms with Crippen LogP contribution in [0.4, 0.5) is 8.78 Å². The van der Waals surface area contributed by atoms with Crippen molar-refractivity contribution in [2.45, 2.75) is 51.2 Å². The molecule has 0 spiro atoms. The molecule has 0 amide bonds. The molecule has 2 N–H and O–H groups in total. The molecule has 188 valence electrons. The summed E-state index contributed by atoms with van der Waals surface area (Å²) in [6.07, 6.45) is 6.81. The average Bonchev–Trinajstić information content (AvgIpc) is 2.86. The first kappa shape index (κ1) is 25.5. The number of rotatable bonds is 10. The van der Waals surface area contributed by atoms with Crippen LogP contribution in [0.3, 0.4) is 0 Å². The smallest absolute Gasteiger partial charge is 0.126 e. The van der Waals surface area contributed by atoms with Crippen molar-refractivity contribution in [3.05, 3.63) is 70.9 Å². The summed E-state index contributed by atoms with van der Waals surface area (Å²) in [6.45, 7) is 1.71. The highest BCUT2D eigenvalue weighted by molar-refractivity contribution is 5.84. The number of hydrogen-bond acceptors (Lipinski definition) is 5. The van der Waals surface area contributed by atoms with Gasteiger partial charge in [0.2, 0.25) is 0 Å². The fourth-order valence-electron chi connectivity index (χ4n) is 5.31. The van der Waals surface area contributed by atoms with E-state index < -0.39 is 11.6 Å². The molecule has 4 rings (SSSR count). The largest absolute Gasteiger partial charge is 0.497 e. The Kier molecular flexibility index (Phi) is 8.65. The van der Waals surface area contributed by atoms with Gasteiger partial charge in [-0.2, -0.15) is 0 Å². The molecule has 35 heavy (non-hydrogen) atoms. The van der Waals surface area contributed by atoms with Gasteiger partial charge >= 0.3 is 0 Å². The molecule has 2 unspecified atom stereocenters. The zero-order chi connectivity index (χ0) is 24.8. The fraction of sp³-hybridized carbons (Fsp3) is 0.464. The quantitative estimate of drug-likeness (QED) is 0.439. The van der Waals surface area contributed by atoms with Gasteiger partial charge in [-0.3, -0.25) is 4.98 Å². The van der Waals surface area contributed by atoms with Crippen LogP contribution in [0.15, 0.2) is 42.6 Å². The highest BCUT2D eigenvalue weighted by Crippen LogP contribution is 2.29. The Morgan fingerprint density at radius 2 is 1.89 bits per heavy atom. The van der Waals surface area contributed by atoms with Crippen molar-refractivity contribution >= 4 is 10.9 Å². The molecule has 2 heterocycles. The van der Waals surface area contributed by atoms with Gasteiger partial charge in [-0.1, -0.05) is 0 Å². The van der Waals surface area contributed by atoms with Gasteiger partial charge in [-0.05, 0) is 98.0 Å². The lowest BCUT2D eigenvalue weighted by Crippen LogP contribution is -2.44. The second kappa shape index (κ2) is 11.9. The van der Waals surface area contributed by atoms with Crippen LogP contribution < -0.4 is 4.74 Å². The maximum absolute atomic E-state index is 13.6. The summed E-state index contributed by atoms with van der Waals surface area (Å²) in [6, 6.07) is 9.79. The number of nitrogens with zero attached hydrogens (tertiary/aromatic N) is 2. The number of aliphatic hydroxyl groups is 2. The molecule has 7 heteroatoms. The molecule has 3 aromatic rings. The van der Waals surface area contributed by atoms with Gasteiger partial charge in [0.25, 0.3) is 0 Å². The second-order valence-electron chi connectivity index (χ2n) is 9.49. The summed E-state index contributed by atoms with van der Waals surface area (Å²) >= 11 is 0. The predicted octanol–water partition coefficient (Wildman–Crippen LogP) is 4.65. The number of benzene rings is 2. The van der Waals surface area contributed by atoms with Gasteiger partial charge in [-0.25, -0.2) is 8.78 Å². The van der Waals surface area contributed by atoms with Crippen LogP contribution in [0.25, 0.3) is 10.9 Å². The van der Waals surface area contributed by atoms with Crippen molar-refractivity contribution in [1.82, 2.24) is 9.88 Å². The number of methoxy groups -OCH3 is 1. The van der Waals surface area contributed by atoms with Gasteiger partial charge in [0.15, 0.2) is 0 Å². The van der Waals surface area contributed by atoms with Crippen molar-refractivity contribution in [3.8, 4) is 5.75 Å². The molecule has 1 aliphatic heterocycles. The third-order valence-corrected chi connectivity index (χ3v) is 7.23. The molecule has 1 saturated heterocycles. The Balaban J connectivity index is 1.45. The molecule has 0 radical (unpaired) electrons. The SMILES string of the molecule is COc1ccc2ncc(CO)c(CCCC3CC(CO)CCN3CCc3cc(F)cc(F)c3)c2c1. The summed E-state index contributed by atoms with van der Waals surface area (Å²) in [4.78, 5) is 6.88. The van der Waals surface area contributed by atoms with Crippen molar-refractivity contribution in [2.75, 3.05) is 26.8 Å². The monoisotopic (exact) mass is 484 g/mol. The van der Waals surface area contributed by atoms with E-state index in [2.05, 4.69) is 9.88 Å². The van der Waals surface area contributed by atoms with E-state index in [9.17, 15) is 19.0 Å². The Morgan fingerprint density at radius 3 is 2.60 bits per heavy atom. The van der Waals surface area contributed by atoms with Crippen LogP contribution in [-0.4, -0.2) is 52.9 Å². The van der Waals surface area contributed by atoms with E-state index in [-0.39, 0.29) is 19.1 Å². The van der Waals surface area contributed by atoms with Crippen LogP contribution in [0.1, 0.15) is 42.4 Å². The summed E-state index contributed by atoms with van der Waals surface area (Å²) in [5.41, 5.74) is 3.45. The summed E-state index contributed by atoms with van der Waals surface area (Å²) in [5.74, 6) is -0.0524. The Bertz CT molecular complexity index is 1120. The lowest BCUT2D eigenvalue weighted by molar-refractivity contribution is 0.0759. The minimum Gasteiger partial charge on any atom is -0.497 e. The molecule has 2 atom stereocenters. The molecule has 5 nitrogen and oxygen atoms in total. The molecule has 1 fully saturated rings. The Morgan fingerprint density at radius 1 is 1.09 bits per heavy atom. The molecular formula is C28H34F2N2O3. The number of piperidine rings is 1. The number of halogens is 2. The predicted molar refractivity (Wildman–Crippen MR) is 132 cm³/mol. The van der Waals surface area contributed by atoms with Crippen molar-refractivity contribution in [1.29, 1.82) is 0 Å². The highest BCUT2D eigenvalue weighted by atomic mass is 19.1. The molecular weight excluding hydrogens is 450 g/mol. The number of ether oxygens (including phenoxy) is 1. The molecule has 2 aromatic carbocycles. The van der Waals surface area contributed by atoms with Crippen molar-refractivity contribution in [2.24, 2.45) is 5.92 Å². The molecule has 0 bridgehead atoms. The van der Waals surface area contributed by atoms with E-state index in [4.69, 9.17) is 4.74 Å². The van der Waals surface area contributed by atoms with Gasteiger partial charge in [0.1, 0.15) is 17.4 Å². The number of likely N-dealkylation sites (tertiary alicyclic amines) is 1. The highest BCUT2D eigenvalue weighted by Gasteiger charge is 2.27. The third-order valence-electron chi connectivity index (χ3n) is 7.23. The Labute approximate surface area is 205 Å². The molecule has 1 aromatic heterocycles. The molecule has 0 saturated carbocycles. The topological polar surface area (TPSA) is 65.8 Å². The van der Waals surface area contributed by atoms with E-state index in [1.165, 1.54) is 12.1 Å². The average molecular weight is 485 g/mol. The number of pyridine rings is 1. The molecule has 1 aliphatic rings. The first-order valence-corrected chi connectivity index (χ1v) is 12.4. The van der Waals surface area contributed by atoms with Gasteiger partial charge in [0.05, 0.1) is 19.2 Å². The van der Waals surface area contributed by atoms with Gasteiger partial charge < -0.3 is 19.8 Å². The number of hydrogen-bond donors (Lipinski definition) is 2. The van der Waals surface area contributed by atoms with E-state index in [1.807, 2.05) is 18.2 Å².